The second-order valence-electron chi connectivity index (χ2n) is 6.21. The Balaban J connectivity index is 1.95. The normalized spacial score (nSPS) is 24.5. The molecule has 8 nitrogen and oxygen atoms in total. The van der Waals surface area contributed by atoms with Crippen LogP contribution < -0.4 is 14.9 Å². The van der Waals surface area contributed by atoms with Crippen molar-refractivity contribution in [2.24, 2.45) is 5.41 Å². The SMILES string of the molecule is CNS(=O)(=O)c1ccc(N2CCC3(CCNC3)C2)c([N+](=O)[O-])c1. The van der Waals surface area contributed by atoms with Gasteiger partial charge >= 0.3 is 0 Å². The van der Waals surface area contributed by atoms with Crippen LogP contribution in [0.15, 0.2) is 23.1 Å². The summed E-state index contributed by atoms with van der Waals surface area (Å²) in [5, 5.41) is 14.8. The molecule has 23 heavy (non-hydrogen) atoms. The van der Waals surface area contributed by atoms with Crippen molar-refractivity contribution in [2.75, 3.05) is 38.1 Å². The van der Waals surface area contributed by atoms with Crippen molar-refractivity contribution < 1.29 is 13.3 Å². The molecule has 9 heteroatoms. The molecule has 2 fully saturated rings. The molecule has 2 aliphatic heterocycles. The maximum absolute atomic E-state index is 11.9. The summed E-state index contributed by atoms with van der Waals surface area (Å²) in [5.41, 5.74) is 0.516. The molecule has 2 heterocycles. The topological polar surface area (TPSA) is 105 Å². The number of hydrogen-bond donors (Lipinski definition) is 2. The van der Waals surface area contributed by atoms with Gasteiger partial charge in [-0.1, -0.05) is 0 Å². The highest BCUT2D eigenvalue weighted by Crippen LogP contribution is 2.41. The molecule has 0 bridgehead atoms. The second-order valence-corrected chi connectivity index (χ2v) is 8.10. The minimum atomic E-state index is -3.70. The Kier molecular flexibility index (Phi) is 4.03. The molecule has 0 amide bonds. The van der Waals surface area contributed by atoms with Crippen LogP contribution in [0.25, 0.3) is 0 Å². The largest absolute Gasteiger partial charge is 0.365 e. The molecule has 1 aromatic rings. The molecule has 0 aliphatic carbocycles. The Bertz CT molecular complexity index is 728. The van der Waals surface area contributed by atoms with E-state index in [0.717, 1.165) is 45.1 Å². The molecule has 2 aliphatic rings. The van der Waals surface area contributed by atoms with E-state index in [0.29, 0.717) is 5.69 Å². The summed E-state index contributed by atoms with van der Waals surface area (Å²) < 4.78 is 25.9. The van der Waals surface area contributed by atoms with E-state index in [1.165, 1.54) is 13.1 Å². The fraction of sp³-hybridized carbons (Fsp3) is 0.571. The number of benzene rings is 1. The van der Waals surface area contributed by atoms with Crippen molar-refractivity contribution in [1.82, 2.24) is 10.0 Å². The summed E-state index contributed by atoms with van der Waals surface area (Å²) in [6.45, 7) is 3.43. The number of rotatable bonds is 4. The lowest BCUT2D eigenvalue weighted by Gasteiger charge is -2.24. The molecule has 0 radical (unpaired) electrons. The van der Waals surface area contributed by atoms with Gasteiger partial charge in [0.05, 0.1) is 9.82 Å². The zero-order chi connectivity index (χ0) is 16.7. The predicted octanol–water partition coefficient (Wildman–Crippen LogP) is 0.693. The van der Waals surface area contributed by atoms with Crippen LogP contribution in [0.2, 0.25) is 0 Å². The highest BCUT2D eigenvalue weighted by atomic mass is 32.2. The maximum Gasteiger partial charge on any atom is 0.293 e. The summed E-state index contributed by atoms with van der Waals surface area (Å²) in [6.07, 6.45) is 2.07. The first-order valence-corrected chi connectivity index (χ1v) is 9.03. The fourth-order valence-electron chi connectivity index (χ4n) is 3.49. The number of nitrogens with one attached hydrogen (secondary N) is 2. The number of sulfonamides is 1. The molecule has 1 atom stereocenters. The number of nitro groups is 1. The molecular weight excluding hydrogens is 320 g/mol. The Labute approximate surface area is 135 Å². The second kappa shape index (κ2) is 5.73. The van der Waals surface area contributed by atoms with Gasteiger partial charge in [-0.15, -0.1) is 0 Å². The van der Waals surface area contributed by atoms with Crippen molar-refractivity contribution in [2.45, 2.75) is 17.7 Å². The summed E-state index contributed by atoms with van der Waals surface area (Å²) in [7, 11) is -2.42. The molecule has 2 N–H and O–H groups in total. The van der Waals surface area contributed by atoms with E-state index in [2.05, 4.69) is 10.0 Å². The smallest absolute Gasteiger partial charge is 0.293 e. The van der Waals surface area contributed by atoms with Crippen LogP contribution in [0.1, 0.15) is 12.8 Å². The van der Waals surface area contributed by atoms with Crippen LogP contribution in [0.5, 0.6) is 0 Å². The predicted molar refractivity (Wildman–Crippen MR) is 86.1 cm³/mol. The molecular formula is C14H20N4O4S. The molecule has 0 aromatic heterocycles. The number of hydrogen-bond acceptors (Lipinski definition) is 6. The van der Waals surface area contributed by atoms with Crippen molar-refractivity contribution in [1.29, 1.82) is 0 Å². The van der Waals surface area contributed by atoms with Crippen molar-refractivity contribution in [3.05, 3.63) is 28.3 Å². The molecule has 1 aromatic carbocycles. The maximum atomic E-state index is 11.9. The Morgan fingerprint density at radius 3 is 2.78 bits per heavy atom. The Hall–Kier alpha value is -1.71. The third-order valence-corrected chi connectivity index (χ3v) is 6.25. The van der Waals surface area contributed by atoms with Crippen LogP contribution in [0.3, 0.4) is 0 Å². The van der Waals surface area contributed by atoms with Crippen LogP contribution >= 0.6 is 0 Å². The van der Waals surface area contributed by atoms with Crippen LogP contribution in [0.4, 0.5) is 11.4 Å². The molecule has 3 rings (SSSR count). The van der Waals surface area contributed by atoms with E-state index in [9.17, 15) is 18.5 Å². The lowest BCUT2D eigenvalue weighted by atomic mass is 9.86. The van der Waals surface area contributed by atoms with Crippen LogP contribution in [-0.4, -0.2) is 46.6 Å². The van der Waals surface area contributed by atoms with Gasteiger partial charge in [0.15, 0.2) is 0 Å². The first-order valence-electron chi connectivity index (χ1n) is 7.55. The van der Waals surface area contributed by atoms with Crippen molar-refractivity contribution >= 4 is 21.4 Å². The van der Waals surface area contributed by atoms with Gasteiger partial charge in [-0.2, -0.15) is 0 Å². The van der Waals surface area contributed by atoms with Gasteiger partial charge in [-0.05, 0) is 38.6 Å². The summed E-state index contributed by atoms with van der Waals surface area (Å²) in [4.78, 5) is 12.8. The van der Waals surface area contributed by atoms with E-state index in [4.69, 9.17) is 0 Å². The molecule has 126 valence electrons. The lowest BCUT2D eigenvalue weighted by Crippen LogP contribution is -2.29. The highest BCUT2D eigenvalue weighted by Gasteiger charge is 2.41. The standard InChI is InChI=1S/C14H20N4O4S/c1-15-23(21,22)11-2-3-12(13(8-11)18(19)20)17-7-5-14(10-17)4-6-16-9-14/h2-3,8,15-16H,4-7,9-10H2,1H3. The number of anilines is 1. The zero-order valence-electron chi connectivity index (χ0n) is 12.9. The van der Waals surface area contributed by atoms with Crippen LogP contribution in [-0.2, 0) is 10.0 Å². The fourth-order valence-corrected chi connectivity index (χ4v) is 4.24. The average molecular weight is 340 g/mol. The van der Waals surface area contributed by atoms with Gasteiger partial charge in [-0.3, -0.25) is 10.1 Å². The monoisotopic (exact) mass is 340 g/mol. The van der Waals surface area contributed by atoms with Gasteiger partial charge in [0.2, 0.25) is 10.0 Å². The summed E-state index contributed by atoms with van der Waals surface area (Å²) in [6, 6.07) is 4.11. The minimum absolute atomic E-state index is 0.0908. The summed E-state index contributed by atoms with van der Waals surface area (Å²) >= 11 is 0. The third-order valence-electron chi connectivity index (χ3n) is 4.83. The van der Waals surface area contributed by atoms with Gasteiger partial charge in [0.25, 0.3) is 5.69 Å². The first kappa shape index (κ1) is 16.2. The minimum Gasteiger partial charge on any atom is -0.365 e. The van der Waals surface area contributed by atoms with Gasteiger partial charge in [-0.25, -0.2) is 13.1 Å². The Morgan fingerprint density at radius 1 is 1.39 bits per heavy atom. The average Bonchev–Trinajstić information content (AvgIpc) is 3.17. The van der Waals surface area contributed by atoms with Crippen molar-refractivity contribution in [3.8, 4) is 0 Å². The zero-order valence-corrected chi connectivity index (χ0v) is 13.7. The molecule has 0 saturated carbocycles. The molecule has 2 saturated heterocycles. The van der Waals surface area contributed by atoms with E-state index in [-0.39, 0.29) is 16.0 Å². The van der Waals surface area contributed by atoms with Gasteiger partial charge in [0.1, 0.15) is 5.69 Å². The summed E-state index contributed by atoms with van der Waals surface area (Å²) in [5.74, 6) is 0. The highest BCUT2D eigenvalue weighted by molar-refractivity contribution is 7.89. The van der Waals surface area contributed by atoms with Crippen LogP contribution in [0, 0.1) is 15.5 Å². The molecule has 1 spiro atoms. The van der Waals surface area contributed by atoms with E-state index < -0.39 is 14.9 Å². The quantitative estimate of drug-likeness (QED) is 0.617. The van der Waals surface area contributed by atoms with E-state index >= 15 is 0 Å². The van der Waals surface area contributed by atoms with Gasteiger partial charge < -0.3 is 10.2 Å². The first-order chi connectivity index (χ1) is 10.9. The third kappa shape index (κ3) is 2.91. The Morgan fingerprint density at radius 2 is 2.17 bits per heavy atom. The van der Waals surface area contributed by atoms with E-state index in [1.807, 2.05) is 4.90 Å². The number of nitro benzene ring substituents is 1. The van der Waals surface area contributed by atoms with E-state index in [1.54, 1.807) is 6.07 Å². The number of nitrogens with zero attached hydrogens (tertiary/aromatic N) is 2. The molecule has 1 unspecified atom stereocenters. The van der Waals surface area contributed by atoms with Gasteiger partial charge in [0, 0.05) is 31.1 Å². The van der Waals surface area contributed by atoms with Crippen molar-refractivity contribution in [3.63, 3.8) is 0 Å². The lowest BCUT2D eigenvalue weighted by molar-refractivity contribution is -0.384.